The van der Waals surface area contributed by atoms with E-state index in [9.17, 15) is 0 Å². The van der Waals surface area contributed by atoms with Crippen LogP contribution >= 0.6 is 7.14 Å². The van der Waals surface area contributed by atoms with E-state index in [4.69, 9.17) is 26.5 Å². The third-order valence-electron chi connectivity index (χ3n) is 9.92. The molecule has 6 heteroatoms. The van der Waals surface area contributed by atoms with Crippen LogP contribution in [-0.2, 0) is 25.7 Å². The van der Waals surface area contributed by atoms with Gasteiger partial charge in [-0.25, -0.2) is 0 Å². The molecule has 0 aromatic heterocycles. The SMILES string of the molecule is [B][P+](C)(c1ccccc1)c1cc2c(OCCC)c(c1)Cc1cccc(c1OCCC)Cc1cccc(c1OCCC)Cc1cccc(c1OCCC)C2. The van der Waals surface area contributed by atoms with Crippen LogP contribution in [0.25, 0.3) is 0 Å². The first-order chi connectivity index (χ1) is 25.9. The maximum absolute atomic E-state index is 7.43. The van der Waals surface area contributed by atoms with Crippen molar-refractivity contribution in [3.8, 4) is 23.0 Å². The monoisotopic (exact) mass is 725 g/mol. The Morgan fingerprint density at radius 1 is 0.415 bits per heavy atom. The predicted octanol–water partition coefficient (Wildman–Crippen LogP) is 10.2. The minimum atomic E-state index is -2.22. The van der Waals surface area contributed by atoms with Crippen LogP contribution in [0.3, 0.4) is 0 Å². The summed E-state index contributed by atoms with van der Waals surface area (Å²) >= 11 is 0. The molecule has 1 aliphatic rings. The molecule has 0 fully saturated rings. The van der Waals surface area contributed by atoms with Gasteiger partial charge in [-0.1, -0.05) is 100 Å². The van der Waals surface area contributed by atoms with Crippen LogP contribution in [0.4, 0.5) is 0 Å². The summed E-state index contributed by atoms with van der Waals surface area (Å²) in [5, 5.41) is 2.33. The van der Waals surface area contributed by atoms with Gasteiger partial charge in [-0.05, 0) is 83.3 Å². The minimum absolute atomic E-state index is 0.626. The molecular weight excluding hydrogens is 670 g/mol. The lowest BCUT2D eigenvalue weighted by Gasteiger charge is -2.25. The summed E-state index contributed by atoms with van der Waals surface area (Å²) < 4.78 is 26.8. The van der Waals surface area contributed by atoms with Gasteiger partial charge in [0, 0.05) is 50.6 Å². The molecule has 8 bridgehead atoms. The van der Waals surface area contributed by atoms with Gasteiger partial charge < -0.3 is 18.9 Å². The largest absolute Gasteiger partial charge is 0.493 e. The van der Waals surface area contributed by atoms with E-state index in [1.165, 1.54) is 5.30 Å². The average Bonchev–Trinajstić information content (AvgIpc) is 3.16. The smallest absolute Gasteiger partial charge is 0.377 e. The lowest BCUT2D eigenvalue weighted by molar-refractivity contribution is 0.304. The van der Waals surface area contributed by atoms with Gasteiger partial charge in [0.15, 0.2) is 0 Å². The first-order valence-electron chi connectivity index (χ1n) is 19.6. The Morgan fingerprint density at radius 3 is 1.04 bits per heavy atom. The van der Waals surface area contributed by atoms with Gasteiger partial charge in [-0.15, -0.1) is 0 Å². The number of benzene rings is 5. The van der Waals surface area contributed by atoms with E-state index < -0.39 is 7.14 Å². The van der Waals surface area contributed by atoms with E-state index in [2.05, 4.69) is 131 Å². The molecule has 53 heavy (non-hydrogen) atoms. The molecule has 6 rings (SSSR count). The van der Waals surface area contributed by atoms with Crippen LogP contribution in [0, 0.1) is 0 Å². The minimum Gasteiger partial charge on any atom is -0.493 e. The van der Waals surface area contributed by atoms with Crippen LogP contribution in [0.1, 0.15) is 97.9 Å². The van der Waals surface area contributed by atoms with Crippen molar-refractivity contribution >= 4 is 25.3 Å². The van der Waals surface area contributed by atoms with Crippen molar-refractivity contribution in [1.29, 1.82) is 0 Å². The summed E-state index contributed by atoms with van der Waals surface area (Å²) in [7, 11) is 5.21. The van der Waals surface area contributed by atoms with Crippen molar-refractivity contribution in [2.24, 2.45) is 0 Å². The second kappa shape index (κ2) is 18.2. The standard InChI is InChI=1S/C47H55BO4P/c1-6-24-49-44-34-16-13-17-35(44)29-37-19-15-21-39(46(37)51-26-8-3)31-41-33-43(53(5,48)42-22-11-10-12-23-42)32-40(47(41)52-27-9-4)30-38-20-14-18-36(28-34)45(38)50-25-7-2/h10-23,32-33H,6-9,24-31H2,1-5H3/q+1. The highest BCUT2D eigenvalue weighted by Crippen LogP contribution is 2.49. The Hall–Kier alpha value is -4.21. The molecule has 0 heterocycles. The fourth-order valence-corrected chi connectivity index (χ4v) is 9.22. The third kappa shape index (κ3) is 8.96. The normalized spacial score (nSPS) is 13.5. The lowest BCUT2D eigenvalue weighted by atomic mass is 9.91. The van der Waals surface area contributed by atoms with Crippen LogP contribution in [0.5, 0.6) is 23.0 Å². The van der Waals surface area contributed by atoms with Crippen molar-refractivity contribution in [3.63, 3.8) is 0 Å². The molecule has 274 valence electrons. The molecule has 0 amide bonds. The molecular formula is C47H55BO4P+. The maximum Gasteiger partial charge on any atom is 0.377 e. The summed E-state index contributed by atoms with van der Waals surface area (Å²) in [6.45, 7) is 13.4. The van der Waals surface area contributed by atoms with Gasteiger partial charge in [0.05, 0.1) is 37.0 Å². The summed E-state index contributed by atoms with van der Waals surface area (Å²) in [6, 6.07) is 35.0. The third-order valence-corrected chi connectivity index (χ3v) is 12.6. The van der Waals surface area contributed by atoms with Crippen LogP contribution in [0.2, 0.25) is 0 Å². The Kier molecular flexibility index (Phi) is 13.2. The zero-order valence-electron chi connectivity index (χ0n) is 32.4. The first-order valence-corrected chi connectivity index (χ1v) is 21.9. The highest BCUT2D eigenvalue weighted by molar-refractivity contribution is 8.08. The number of para-hydroxylation sites is 3. The van der Waals surface area contributed by atoms with E-state index in [1.807, 2.05) is 0 Å². The predicted molar refractivity (Wildman–Crippen MR) is 224 cm³/mol. The number of hydrogen-bond acceptors (Lipinski definition) is 4. The molecule has 0 aliphatic heterocycles. The summed E-state index contributed by atoms with van der Waals surface area (Å²) in [5.74, 6) is 3.82. The van der Waals surface area contributed by atoms with Gasteiger partial charge in [0.2, 0.25) is 0 Å². The van der Waals surface area contributed by atoms with Crippen LogP contribution in [0.15, 0.2) is 97.1 Å². The highest BCUT2D eigenvalue weighted by atomic mass is 31.2. The fraction of sp³-hybridized carbons (Fsp3) is 0.362. The molecule has 5 aromatic carbocycles. The lowest BCUT2D eigenvalue weighted by Crippen LogP contribution is -2.23. The summed E-state index contributed by atoms with van der Waals surface area (Å²) in [4.78, 5) is 0. The van der Waals surface area contributed by atoms with Crippen LogP contribution < -0.4 is 29.6 Å². The molecule has 5 aromatic rings. The van der Waals surface area contributed by atoms with E-state index in [0.717, 1.165) is 98.5 Å². The van der Waals surface area contributed by atoms with Crippen molar-refractivity contribution in [2.45, 2.75) is 79.1 Å². The number of hydrogen-bond donors (Lipinski definition) is 0. The van der Waals surface area contributed by atoms with E-state index in [-0.39, 0.29) is 0 Å². The van der Waals surface area contributed by atoms with Crippen molar-refractivity contribution in [2.75, 3.05) is 33.1 Å². The highest BCUT2D eigenvalue weighted by Gasteiger charge is 2.34. The Morgan fingerprint density at radius 2 is 0.717 bits per heavy atom. The van der Waals surface area contributed by atoms with Gasteiger partial charge in [0.1, 0.15) is 23.0 Å². The van der Waals surface area contributed by atoms with Crippen LogP contribution in [-0.4, -0.2) is 40.7 Å². The van der Waals surface area contributed by atoms with E-state index in [1.54, 1.807) is 0 Å². The summed E-state index contributed by atoms with van der Waals surface area (Å²) in [5.41, 5.74) is 9.19. The first kappa shape index (κ1) is 38.5. The fourth-order valence-electron chi connectivity index (χ4n) is 7.28. The molecule has 4 nitrogen and oxygen atoms in total. The quantitative estimate of drug-likeness (QED) is 0.0828. The zero-order chi connectivity index (χ0) is 37.2. The second-order valence-corrected chi connectivity index (χ2v) is 17.5. The van der Waals surface area contributed by atoms with Gasteiger partial charge in [0.25, 0.3) is 0 Å². The molecule has 1 aliphatic carbocycles. The number of fused-ring (bicyclic) bond motifs is 8. The average molecular weight is 726 g/mol. The second-order valence-electron chi connectivity index (χ2n) is 14.3. The number of rotatable bonds is 14. The molecule has 2 radical (unpaired) electrons. The molecule has 1 atom stereocenters. The molecule has 0 spiro atoms. The van der Waals surface area contributed by atoms with E-state index >= 15 is 0 Å². The van der Waals surface area contributed by atoms with Gasteiger partial charge in [-0.3, -0.25) is 0 Å². The molecule has 0 saturated carbocycles. The molecule has 0 saturated heterocycles. The van der Waals surface area contributed by atoms with Gasteiger partial charge in [-0.2, -0.15) is 0 Å². The zero-order valence-corrected chi connectivity index (χ0v) is 33.3. The summed E-state index contributed by atoms with van der Waals surface area (Å²) in [6.07, 6.45) is 6.39. The molecule has 1 unspecified atom stereocenters. The van der Waals surface area contributed by atoms with Crippen molar-refractivity contribution in [1.82, 2.24) is 0 Å². The Bertz CT molecular complexity index is 1870. The van der Waals surface area contributed by atoms with Gasteiger partial charge >= 0.3 is 7.57 Å². The van der Waals surface area contributed by atoms with Crippen molar-refractivity contribution < 1.29 is 18.9 Å². The molecule has 0 N–H and O–H groups in total. The van der Waals surface area contributed by atoms with E-state index in [0.29, 0.717) is 52.1 Å². The topological polar surface area (TPSA) is 36.9 Å². The number of ether oxygens (including phenoxy) is 4. The Labute approximate surface area is 320 Å². The Balaban J connectivity index is 1.64. The maximum atomic E-state index is 7.43. The van der Waals surface area contributed by atoms with Crippen molar-refractivity contribution in [3.05, 3.63) is 142 Å².